The van der Waals surface area contributed by atoms with Crippen molar-refractivity contribution in [2.45, 2.75) is 57.1 Å². The summed E-state index contributed by atoms with van der Waals surface area (Å²) in [5.41, 5.74) is 0.240. The minimum atomic E-state index is 0.240. The fraction of sp³-hybridized carbons (Fsp3) is 1.00. The monoisotopic (exact) mass is 329 g/mol. The highest BCUT2D eigenvalue weighted by molar-refractivity contribution is 7.99. The van der Waals surface area contributed by atoms with Crippen LogP contribution in [-0.4, -0.2) is 47.8 Å². The summed E-state index contributed by atoms with van der Waals surface area (Å²) in [5.74, 6) is 7.12. The maximum absolute atomic E-state index is 6.22. The molecule has 3 rings (SSSR count). The van der Waals surface area contributed by atoms with Gasteiger partial charge < -0.3 is 10.1 Å². The summed E-state index contributed by atoms with van der Waals surface area (Å²) in [6.45, 7) is 4.38. The van der Waals surface area contributed by atoms with E-state index in [2.05, 4.69) is 35.8 Å². The highest BCUT2D eigenvalue weighted by atomic mass is 32.2. The Labute approximate surface area is 138 Å². The third-order valence-corrected chi connectivity index (χ3v) is 7.83. The molecule has 3 saturated heterocycles. The summed E-state index contributed by atoms with van der Waals surface area (Å²) < 4.78 is 6.22. The summed E-state index contributed by atoms with van der Waals surface area (Å²) in [6, 6.07) is 0.731. The van der Waals surface area contributed by atoms with Crippen LogP contribution in [0.2, 0.25) is 0 Å². The normalized spacial score (nSPS) is 36.1. The lowest BCUT2D eigenvalue weighted by Crippen LogP contribution is -2.47. The van der Waals surface area contributed by atoms with Crippen LogP contribution in [-0.2, 0) is 4.74 Å². The van der Waals surface area contributed by atoms with Crippen LogP contribution in [0.1, 0.15) is 45.4 Å². The van der Waals surface area contributed by atoms with E-state index in [1.807, 2.05) is 0 Å². The topological polar surface area (TPSA) is 21.3 Å². The van der Waals surface area contributed by atoms with E-state index in [0.717, 1.165) is 31.0 Å². The quantitative estimate of drug-likeness (QED) is 0.828. The molecule has 0 bridgehead atoms. The fourth-order valence-corrected chi connectivity index (χ4v) is 6.90. The number of rotatable bonds is 5. The van der Waals surface area contributed by atoms with Gasteiger partial charge in [-0.1, -0.05) is 6.92 Å². The minimum absolute atomic E-state index is 0.240. The number of hydrogen-bond donors (Lipinski definition) is 1. The summed E-state index contributed by atoms with van der Waals surface area (Å²) in [7, 11) is 0. The average Bonchev–Trinajstić information content (AvgIpc) is 2.96. The average molecular weight is 330 g/mol. The Kier molecular flexibility index (Phi) is 6.23. The van der Waals surface area contributed by atoms with E-state index in [1.165, 1.54) is 61.5 Å². The third-order valence-electron chi connectivity index (χ3n) is 5.56. The number of ether oxygens (including phenoxy) is 1. The van der Waals surface area contributed by atoms with Crippen LogP contribution in [0, 0.1) is 11.8 Å². The Morgan fingerprint density at radius 3 is 2.76 bits per heavy atom. The predicted molar refractivity (Wildman–Crippen MR) is 95.5 cm³/mol. The molecule has 21 heavy (non-hydrogen) atoms. The smallest absolute Gasteiger partial charge is 0.0783 e. The van der Waals surface area contributed by atoms with Crippen molar-refractivity contribution >= 4 is 23.5 Å². The van der Waals surface area contributed by atoms with E-state index in [4.69, 9.17) is 4.74 Å². The van der Waals surface area contributed by atoms with Crippen molar-refractivity contribution in [2.24, 2.45) is 11.8 Å². The van der Waals surface area contributed by atoms with Gasteiger partial charge in [0, 0.05) is 18.4 Å². The molecule has 1 N–H and O–H groups in total. The Morgan fingerprint density at radius 2 is 2.05 bits per heavy atom. The minimum Gasteiger partial charge on any atom is -0.374 e. The fourth-order valence-electron chi connectivity index (χ4n) is 4.32. The first-order valence-corrected chi connectivity index (χ1v) is 11.1. The number of thioether (sulfide) groups is 2. The molecule has 0 aliphatic carbocycles. The summed E-state index contributed by atoms with van der Waals surface area (Å²) in [6.07, 6.45) is 8.15. The summed E-state index contributed by atoms with van der Waals surface area (Å²) in [5, 5.41) is 3.84. The van der Waals surface area contributed by atoms with Gasteiger partial charge in [-0.05, 0) is 74.2 Å². The molecular weight excluding hydrogens is 298 g/mol. The zero-order chi connectivity index (χ0) is 14.5. The molecule has 0 amide bonds. The van der Waals surface area contributed by atoms with Crippen LogP contribution in [0.15, 0.2) is 0 Å². The van der Waals surface area contributed by atoms with Crippen LogP contribution in [0.25, 0.3) is 0 Å². The maximum atomic E-state index is 6.22. The van der Waals surface area contributed by atoms with E-state index in [0.29, 0.717) is 0 Å². The molecule has 2 nitrogen and oxygen atoms in total. The molecule has 0 aromatic rings. The summed E-state index contributed by atoms with van der Waals surface area (Å²) >= 11 is 4.24. The molecule has 1 spiro atoms. The Hall–Kier alpha value is 0.620. The molecule has 3 atom stereocenters. The van der Waals surface area contributed by atoms with Gasteiger partial charge in [0.1, 0.15) is 0 Å². The van der Waals surface area contributed by atoms with E-state index >= 15 is 0 Å². The van der Waals surface area contributed by atoms with Crippen molar-refractivity contribution in [3.63, 3.8) is 0 Å². The van der Waals surface area contributed by atoms with E-state index in [-0.39, 0.29) is 5.60 Å². The van der Waals surface area contributed by atoms with Crippen LogP contribution in [0.5, 0.6) is 0 Å². The molecule has 3 fully saturated rings. The molecule has 0 aromatic heterocycles. The van der Waals surface area contributed by atoms with Crippen LogP contribution in [0.3, 0.4) is 0 Å². The Balaban J connectivity index is 1.59. The third kappa shape index (κ3) is 4.33. The van der Waals surface area contributed by atoms with Gasteiger partial charge in [0.25, 0.3) is 0 Å². The predicted octanol–water partition coefficient (Wildman–Crippen LogP) is 3.80. The second-order valence-corrected chi connectivity index (χ2v) is 9.37. The van der Waals surface area contributed by atoms with Gasteiger partial charge in [-0.3, -0.25) is 0 Å². The molecule has 3 aliphatic rings. The SMILES string of the molecule is CCNC(CC1CCSCC1)C1CCOC2(CCSC2)C1. The van der Waals surface area contributed by atoms with Crippen LogP contribution >= 0.6 is 23.5 Å². The summed E-state index contributed by atoms with van der Waals surface area (Å²) in [4.78, 5) is 0. The van der Waals surface area contributed by atoms with Crippen molar-refractivity contribution in [3.05, 3.63) is 0 Å². The molecular formula is C17H31NOS2. The lowest BCUT2D eigenvalue weighted by Gasteiger charge is -2.42. The van der Waals surface area contributed by atoms with Crippen LogP contribution < -0.4 is 5.32 Å². The molecule has 0 saturated carbocycles. The second kappa shape index (κ2) is 7.94. The van der Waals surface area contributed by atoms with E-state index in [9.17, 15) is 0 Å². The van der Waals surface area contributed by atoms with Gasteiger partial charge in [0.05, 0.1) is 5.60 Å². The van der Waals surface area contributed by atoms with Crippen molar-refractivity contribution < 1.29 is 4.74 Å². The van der Waals surface area contributed by atoms with E-state index in [1.54, 1.807) is 0 Å². The highest BCUT2D eigenvalue weighted by Crippen LogP contribution is 2.42. The Bertz CT molecular complexity index is 314. The molecule has 122 valence electrons. The van der Waals surface area contributed by atoms with Gasteiger partial charge in [-0.15, -0.1) is 0 Å². The van der Waals surface area contributed by atoms with Crippen molar-refractivity contribution in [2.75, 3.05) is 36.2 Å². The molecule has 3 heterocycles. The molecule has 0 radical (unpaired) electrons. The Morgan fingerprint density at radius 1 is 1.19 bits per heavy atom. The number of nitrogens with one attached hydrogen (secondary N) is 1. The van der Waals surface area contributed by atoms with Gasteiger partial charge >= 0.3 is 0 Å². The first-order valence-electron chi connectivity index (χ1n) is 8.84. The zero-order valence-electron chi connectivity index (χ0n) is 13.4. The van der Waals surface area contributed by atoms with Gasteiger partial charge in [0.2, 0.25) is 0 Å². The first kappa shape index (κ1) is 16.5. The van der Waals surface area contributed by atoms with E-state index < -0.39 is 0 Å². The molecule has 0 aromatic carbocycles. The van der Waals surface area contributed by atoms with Gasteiger partial charge in [0.15, 0.2) is 0 Å². The largest absolute Gasteiger partial charge is 0.374 e. The molecule has 3 aliphatic heterocycles. The van der Waals surface area contributed by atoms with Gasteiger partial charge in [-0.25, -0.2) is 0 Å². The lowest BCUT2D eigenvalue weighted by molar-refractivity contribution is -0.0862. The second-order valence-electron chi connectivity index (χ2n) is 7.04. The zero-order valence-corrected chi connectivity index (χ0v) is 15.1. The standard InChI is InChI=1S/C17H31NOS2/c1-2-18-16(11-14-4-8-20-9-5-14)15-3-7-19-17(12-15)6-10-21-13-17/h14-16,18H,2-13H2,1H3. The first-order chi connectivity index (χ1) is 10.3. The maximum Gasteiger partial charge on any atom is 0.0783 e. The highest BCUT2D eigenvalue weighted by Gasteiger charge is 2.42. The number of hydrogen-bond acceptors (Lipinski definition) is 4. The van der Waals surface area contributed by atoms with Crippen molar-refractivity contribution in [3.8, 4) is 0 Å². The van der Waals surface area contributed by atoms with Crippen LogP contribution in [0.4, 0.5) is 0 Å². The lowest BCUT2D eigenvalue weighted by atomic mass is 9.78. The molecule has 3 unspecified atom stereocenters. The molecule has 4 heteroatoms. The van der Waals surface area contributed by atoms with Crippen molar-refractivity contribution in [1.82, 2.24) is 5.32 Å². The van der Waals surface area contributed by atoms with Gasteiger partial charge in [-0.2, -0.15) is 23.5 Å². The van der Waals surface area contributed by atoms with Crippen molar-refractivity contribution in [1.29, 1.82) is 0 Å².